The fourth-order valence-corrected chi connectivity index (χ4v) is 3.90. The van der Waals surface area contributed by atoms with Crippen LogP contribution in [0.2, 0.25) is 5.02 Å². The molecule has 0 saturated heterocycles. The molecule has 2 atom stereocenters. The van der Waals surface area contributed by atoms with Gasteiger partial charge in [0.25, 0.3) is 0 Å². The summed E-state index contributed by atoms with van der Waals surface area (Å²) in [5.74, 6) is 0.543. The van der Waals surface area contributed by atoms with Gasteiger partial charge >= 0.3 is 0 Å². The van der Waals surface area contributed by atoms with Gasteiger partial charge in [-0.05, 0) is 29.4 Å². The van der Waals surface area contributed by atoms with E-state index in [0.717, 1.165) is 5.33 Å². The van der Waals surface area contributed by atoms with Gasteiger partial charge in [-0.25, -0.2) is 4.39 Å². The fourth-order valence-electron chi connectivity index (χ4n) is 2.41. The maximum Gasteiger partial charge on any atom is 0.128 e. The van der Waals surface area contributed by atoms with Gasteiger partial charge in [-0.15, -0.1) is 0 Å². The summed E-state index contributed by atoms with van der Waals surface area (Å²) in [7, 11) is 0. The van der Waals surface area contributed by atoms with Crippen LogP contribution in [0, 0.1) is 17.2 Å². The van der Waals surface area contributed by atoms with Gasteiger partial charge in [0.2, 0.25) is 0 Å². The molecular formula is C12H13BrClF. The number of rotatable bonds is 2. The minimum Gasteiger partial charge on any atom is -0.207 e. The molecule has 0 heterocycles. The second-order valence-corrected chi connectivity index (χ2v) is 5.75. The first kappa shape index (κ1) is 11.4. The summed E-state index contributed by atoms with van der Waals surface area (Å²) in [6, 6.07) is 4.90. The molecule has 0 aliphatic heterocycles. The Morgan fingerprint density at radius 1 is 1.47 bits per heavy atom. The molecule has 3 heteroatoms. The number of hydrogen-bond acceptors (Lipinski definition) is 0. The van der Waals surface area contributed by atoms with Gasteiger partial charge < -0.3 is 0 Å². The lowest BCUT2D eigenvalue weighted by Gasteiger charge is -2.06. The number of halogens is 3. The average Bonchev–Trinajstić information content (AvgIpc) is 2.68. The van der Waals surface area contributed by atoms with Crippen molar-refractivity contribution in [3.8, 4) is 0 Å². The van der Waals surface area contributed by atoms with Crippen molar-refractivity contribution in [2.45, 2.75) is 19.8 Å². The number of hydrogen-bond donors (Lipinski definition) is 0. The SMILES string of the molecule is CC1(C)C(CBr)C1c1c(F)cccc1Cl. The Labute approximate surface area is 103 Å². The van der Waals surface area contributed by atoms with Gasteiger partial charge in [-0.3, -0.25) is 0 Å². The summed E-state index contributed by atoms with van der Waals surface area (Å²) < 4.78 is 13.7. The molecule has 1 aliphatic rings. The van der Waals surface area contributed by atoms with Crippen LogP contribution >= 0.6 is 27.5 Å². The van der Waals surface area contributed by atoms with Crippen LogP contribution < -0.4 is 0 Å². The highest BCUT2D eigenvalue weighted by molar-refractivity contribution is 9.09. The molecule has 2 unspecified atom stereocenters. The molecule has 0 radical (unpaired) electrons. The van der Waals surface area contributed by atoms with Crippen molar-refractivity contribution >= 4 is 27.5 Å². The molecule has 0 amide bonds. The van der Waals surface area contributed by atoms with E-state index in [1.807, 2.05) is 0 Å². The van der Waals surface area contributed by atoms with E-state index < -0.39 is 0 Å². The predicted molar refractivity (Wildman–Crippen MR) is 65.2 cm³/mol. The Bertz CT molecular complexity index is 369. The third-order valence-corrected chi connectivity index (χ3v) is 4.55. The largest absolute Gasteiger partial charge is 0.207 e. The minimum absolute atomic E-state index is 0.148. The second-order valence-electron chi connectivity index (χ2n) is 4.70. The van der Waals surface area contributed by atoms with Crippen LogP contribution in [0.3, 0.4) is 0 Å². The molecule has 82 valence electrons. The zero-order chi connectivity index (χ0) is 11.2. The van der Waals surface area contributed by atoms with Crippen LogP contribution in [0.4, 0.5) is 4.39 Å². The van der Waals surface area contributed by atoms with Gasteiger partial charge in [0.15, 0.2) is 0 Å². The fraction of sp³-hybridized carbons (Fsp3) is 0.500. The smallest absolute Gasteiger partial charge is 0.128 e. The van der Waals surface area contributed by atoms with Crippen molar-refractivity contribution in [2.75, 3.05) is 5.33 Å². The first-order valence-electron chi connectivity index (χ1n) is 5.00. The van der Waals surface area contributed by atoms with E-state index in [0.29, 0.717) is 16.5 Å². The molecule has 0 bridgehead atoms. The zero-order valence-corrected chi connectivity index (χ0v) is 11.1. The normalized spacial score (nSPS) is 27.8. The third kappa shape index (κ3) is 1.72. The van der Waals surface area contributed by atoms with Crippen LogP contribution in [0.15, 0.2) is 18.2 Å². The van der Waals surface area contributed by atoms with Crippen LogP contribution in [-0.4, -0.2) is 5.33 Å². The molecule has 0 nitrogen and oxygen atoms in total. The van der Waals surface area contributed by atoms with Gasteiger partial charge in [-0.2, -0.15) is 0 Å². The van der Waals surface area contributed by atoms with Gasteiger partial charge in [-0.1, -0.05) is 47.4 Å². The summed E-state index contributed by atoms with van der Waals surface area (Å²) in [4.78, 5) is 0. The molecule has 15 heavy (non-hydrogen) atoms. The van der Waals surface area contributed by atoms with E-state index >= 15 is 0 Å². The van der Waals surface area contributed by atoms with E-state index in [9.17, 15) is 4.39 Å². The Kier molecular flexibility index (Phi) is 2.85. The van der Waals surface area contributed by atoms with Crippen molar-refractivity contribution in [1.82, 2.24) is 0 Å². The van der Waals surface area contributed by atoms with E-state index in [1.54, 1.807) is 12.1 Å². The molecule has 1 saturated carbocycles. The molecule has 0 aromatic heterocycles. The van der Waals surface area contributed by atoms with Crippen molar-refractivity contribution in [1.29, 1.82) is 0 Å². The molecule has 0 spiro atoms. The average molecular weight is 292 g/mol. The first-order valence-corrected chi connectivity index (χ1v) is 6.50. The molecule has 1 aromatic rings. The number of benzene rings is 1. The molecular weight excluding hydrogens is 278 g/mol. The van der Waals surface area contributed by atoms with Crippen LogP contribution in [0.1, 0.15) is 25.3 Å². The van der Waals surface area contributed by atoms with Crippen LogP contribution in [0.5, 0.6) is 0 Å². The van der Waals surface area contributed by atoms with E-state index in [2.05, 4.69) is 29.8 Å². The molecule has 1 aromatic carbocycles. The summed E-state index contributed by atoms with van der Waals surface area (Å²) >= 11 is 9.53. The summed E-state index contributed by atoms with van der Waals surface area (Å²) in [6.45, 7) is 4.32. The maximum absolute atomic E-state index is 13.7. The summed E-state index contributed by atoms with van der Waals surface area (Å²) in [6.07, 6.45) is 0. The van der Waals surface area contributed by atoms with Crippen molar-refractivity contribution in [3.63, 3.8) is 0 Å². The summed E-state index contributed by atoms with van der Waals surface area (Å²) in [5, 5.41) is 1.45. The second kappa shape index (κ2) is 3.74. The minimum atomic E-state index is -0.177. The zero-order valence-electron chi connectivity index (χ0n) is 8.73. The van der Waals surface area contributed by atoms with Crippen LogP contribution in [0.25, 0.3) is 0 Å². The Balaban J connectivity index is 2.41. The monoisotopic (exact) mass is 290 g/mol. The Morgan fingerprint density at radius 3 is 2.60 bits per heavy atom. The highest BCUT2D eigenvalue weighted by Gasteiger charge is 2.58. The Hall–Kier alpha value is -0.0800. The maximum atomic E-state index is 13.7. The first-order chi connectivity index (χ1) is 7.00. The van der Waals surface area contributed by atoms with Crippen molar-refractivity contribution < 1.29 is 4.39 Å². The van der Waals surface area contributed by atoms with Crippen LogP contribution in [-0.2, 0) is 0 Å². The van der Waals surface area contributed by atoms with E-state index in [4.69, 9.17) is 11.6 Å². The quantitative estimate of drug-likeness (QED) is 0.698. The van der Waals surface area contributed by atoms with E-state index in [-0.39, 0.29) is 17.2 Å². The lowest BCUT2D eigenvalue weighted by atomic mass is 10.0. The molecule has 2 rings (SSSR count). The number of alkyl halides is 1. The van der Waals surface area contributed by atoms with Gasteiger partial charge in [0.05, 0.1) is 0 Å². The predicted octanol–water partition coefficient (Wildman–Crippen LogP) is 4.61. The molecule has 1 fully saturated rings. The summed E-state index contributed by atoms with van der Waals surface area (Å²) in [5.41, 5.74) is 0.837. The molecule has 1 aliphatic carbocycles. The lowest BCUT2D eigenvalue weighted by Crippen LogP contribution is -1.94. The van der Waals surface area contributed by atoms with E-state index in [1.165, 1.54) is 6.07 Å². The highest BCUT2D eigenvalue weighted by atomic mass is 79.9. The highest BCUT2D eigenvalue weighted by Crippen LogP contribution is 2.66. The Morgan fingerprint density at radius 2 is 2.13 bits per heavy atom. The van der Waals surface area contributed by atoms with Crippen molar-refractivity contribution in [3.05, 3.63) is 34.6 Å². The van der Waals surface area contributed by atoms with Gasteiger partial charge in [0.1, 0.15) is 5.82 Å². The standard InChI is InChI=1S/C12H13BrClF/c1-12(2)7(6-13)11(12)10-8(14)4-3-5-9(10)15/h3-5,7,11H,6H2,1-2H3. The lowest BCUT2D eigenvalue weighted by molar-refractivity contribution is 0.563. The topological polar surface area (TPSA) is 0 Å². The molecule has 0 N–H and O–H groups in total. The van der Waals surface area contributed by atoms with Crippen molar-refractivity contribution in [2.24, 2.45) is 11.3 Å². The van der Waals surface area contributed by atoms with Gasteiger partial charge in [0, 0.05) is 15.9 Å². The third-order valence-electron chi connectivity index (χ3n) is 3.53.